The molecule has 17 heavy (non-hydrogen) atoms. The summed E-state index contributed by atoms with van der Waals surface area (Å²) in [5, 5.41) is 4.10. The standard InChI is InChI=1S/C14H13N3/c1-2-4-12(5-3-1)6-7-13-9-11-17-14(16-13)8-10-15-17/h4,8-11H,1-3,5H2. The van der Waals surface area contributed by atoms with E-state index < -0.39 is 0 Å². The lowest BCUT2D eigenvalue weighted by Gasteiger charge is -2.05. The van der Waals surface area contributed by atoms with Gasteiger partial charge in [-0.25, -0.2) is 9.50 Å². The maximum Gasteiger partial charge on any atom is 0.156 e. The fourth-order valence-electron chi connectivity index (χ4n) is 1.98. The second kappa shape index (κ2) is 4.42. The number of fused-ring (bicyclic) bond motifs is 1. The normalized spacial score (nSPS) is 15.2. The number of rotatable bonds is 0. The highest BCUT2D eigenvalue weighted by Crippen LogP contribution is 2.16. The molecule has 84 valence electrons. The molecule has 0 amide bonds. The Hall–Kier alpha value is -2.08. The van der Waals surface area contributed by atoms with Gasteiger partial charge in [0, 0.05) is 12.3 Å². The largest absolute Gasteiger partial charge is 0.223 e. The highest BCUT2D eigenvalue weighted by molar-refractivity contribution is 5.43. The van der Waals surface area contributed by atoms with Crippen molar-refractivity contribution in [1.29, 1.82) is 0 Å². The summed E-state index contributed by atoms with van der Waals surface area (Å²) in [6.07, 6.45) is 10.7. The Morgan fingerprint density at radius 1 is 1.18 bits per heavy atom. The zero-order chi connectivity index (χ0) is 11.5. The molecule has 0 aromatic carbocycles. The number of hydrogen-bond donors (Lipinski definition) is 0. The minimum absolute atomic E-state index is 0.810. The van der Waals surface area contributed by atoms with Crippen molar-refractivity contribution >= 4 is 5.65 Å². The molecule has 0 atom stereocenters. The van der Waals surface area contributed by atoms with E-state index in [0.717, 1.165) is 17.8 Å². The van der Waals surface area contributed by atoms with Crippen LogP contribution in [0.3, 0.4) is 0 Å². The molecule has 0 aliphatic heterocycles. The van der Waals surface area contributed by atoms with Crippen molar-refractivity contribution in [3.05, 3.63) is 41.9 Å². The van der Waals surface area contributed by atoms with Crippen LogP contribution < -0.4 is 0 Å². The molecule has 2 aromatic rings. The van der Waals surface area contributed by atoms with E-state index in [9.17, 15) is 0 Å². The summed E-state index contributed by atoms with van der Waals surface area (Å²) >= 11 is 0. The minimum Gasteiger partial charge on any atom is -0.223 e. The summed E-state index contributed by atoms with van der Waals surface area (Å²) in [6.45, 7) is 0. The maximum atomic E-state index is 4.42. The van der Waals surface area contributed by atoms with E-state index in [2.05, 4.69) is 28.0 Å². The molecule has 2 aromatic heterocycles. The van der Waals surface area contributed by atoms with E-state index >= 15 is 0 Å². The first-order valence-electron chi connectivity index (χ1n) is 5.93. The van der Waals surface area contributed by atoms with Crippen molar-refractivity contribution < 1.29 is 0 Å². The number of allylic oxidation sites excluding steroid dienone is 2. The van der Waals surface area contributed by atoms with Crippen LogP contribution in [0.5, 0.6) is 0 Å². The first-order chi connectivity index (χ1) is 8.42. The van der Waals surface area contributed by atoms with Crippen LogP contribution in [0, 0.1) is 11.8 Å². The van der Waals surface area contributed by atoms with Gasteiger partial charge in [0.25, 0.3) is 0 Å². The van der Waals surface area contributed by atoms with Gasteiger partial charge in [-0.3, -0.25) is 0 Å². The van der Waals surface area contributed by atoms with Crippen LogP contribution in [0.15, 0.2) is 36.2 Å². The Morgan fingerprint density at radius 2 is 2.18 bits per heavy atom. The summed E-state index contributed by atoms with van der Waals surface area (Å²) in [5.74, 6) is 6.34. The lowest BCUT2D eigenvalue weighted by atomic mass is 10.00. The van der Waals surface area contributed by atoms with Gasteiger partial charge < -0.3 is 0 Å². The molecule has 0 radical (unpaired) electrons. The topological polar surface area (TPSA) is 30.2 Å². The molecule has 0 unspecified atom stereocenters. The van der Waals surface area contributed by atoms with Gasteiger partial charge in [-0.15, -0.1) is 0 Å². The molecule has 0 saturated heterocycles. The molecule has 1 aliphatic rings. The highest BCUT2D eigenvalue weighted by Gasteiger charge is 2.00. The average molecular weight is 223 g/mol. The lowest BCUT2D eigenvalue weighted by Crippen LogP contribution is -1.92. The van der Waals surface area contributed by atoms with Crippen molar-refractivity contribution in [2.45, 2.75) is 25.7 Å². The molecule has 3 heteroatoms. The Kier molecular flexibility index (Phi) is 2.63. The Labute approximate surface area is 100 Å². The second-order valence-corrected chi connectivity index (χ2v) is 4.17. The van der Waals surface area contributed by atoms with Gasteiger partial charge >= 0.3 is 0 Å². The van der Waals surface area contributed by atoms with Gasteiger partial charge in [-0.1, -0.05) is 12.0 Å². The third-order valence-corrected chi connectivity index (χ3v) is 2.90. The molecule has 0 saturated carbocycles. The smallest absolute Gasteiger partial charge is 0.156 e. The molecule has 0 N–H and O–H groups in total. The van der Waals surface area contributed by atoms with Gasteiger partial charge in [0.15, 0.2) is 5.65 Å². The summed E-state index contributed by atoms with van der Waals surface area (Å²) in [6, 6.07) is 3.78. The van der Waals surface area contributed by atoms with Crippen LogP contribution in [-0.2, 0) is 0 Å². The molecular formula is C14H13N3. The Balaban J connectivity index is 1.89. The molecular weight excluding hydrogens is 210 g/mol. The minimum atomic E-state index is 0.810. The fourth-order valence-corrected chi connectivity index (χ4v) is 1.98. The van der Waals surface area contributed by atoms with E-state index in [4.69, 9.17) is 0 Å². The predicted molar refractivity (Wildman–Crippen MR) is 66.4 cm³/mol. The summed E-state index contributed by atoms with van der Waals surface area (Å²) < 4.78 is 1.74. The summed E-state index contributed by atoms with van der Waals surface area (Å²) in [4.78, 5) is 4.42. The van der Waals surface area contributed by atoms with Crippen LogP contribution in [0.4, 0.5) is 0 Å². The SMILES string of the molecule is C(#Cc1ccn2nccc2n1)C1=CCCCC1. The number of aromatic nitrogens is 3. The zero-order valence-electron chi connectivity index (χ0n) is 9.56. The van der Waals surface area contributed by atoms with E-state index in [-0.39, 0.29) is 0 Å². The van der Waals surface area contributed by atoms with Gasteiger partial charge in [-0.2, -0.15) is 5.10 Å². The Bertz CT molecular complexity index is 625. The molecule has 3 rings (SSSR count). The molecule has 0 fully saturated rings. The van der Waals surface area contributed by atoms with Gasteiger partial charge in [0.1, 0.15) is 5.69 Å². The average Bonchev–Trinajstić information content (AvgIpc) is 2.85. The monoisotopic (exact) mass is 223 g/mol. The summed E-state index contributed by atoms with van der Waals surface area (Å²) in [7, 11) is 0. The molecule has 0 spiro atoms. The van der Waals surface area contributed by atoms with Crippen molar-refractivity contribution in [1.82, 2.24) is 14.6 Å². The third-order valence-electron chi connectivity index (χ3n) is 2.90. The quantitative estimate of drug-likeness (QED) is 0.642. The Morgan fingerprint density at radius 3 is 3.06 bits per heavy atom. The van der Waals surface area contributed by atoms with E-state index in [1.165, 1.54) is 24.8 Å². The second-order valence-electron chi connectivity index (χ2n) is 4.17. The van der Waals surface area contributed by atoms with Gasteiger partial charge in [0.2, 0.25) is 0 Å². The van der Waals surface area contributed by atoms with Crippen molar-refractivity contribution in [3.63, 3.8) is 0 Å². The van der Waals surface area contributed by atoms with Crippen molar-refractivity contribution in [2.24, 2.45) is 0 Å². The highest BCUT2D eigenvalue weighted by atomic mass is 15.2. The summed E-state index contributed by atoms with van der Waals surface area (Å²) in [5.41, 5.74) is 2.91. The van der Waals surface area contributed by atoms with Gasteiger partial charge in [0.05, 0.1) is 6.20 Å². The van der Waals surface area contributed by atoms with Crippen LogP contribution in [-0.4, -0.2) is 14.6 Å². The zero-order valence-corrected chi connectivity index (χ0v) is 9.56. The third kappa shape index (κ3) is 2.21. The number of hydrogen-bond acceptors (Lipinski definition) is 2. The van der Waals surface area contributed by atoms with E-state index in [1.807, 2.05) is 18.3 Å². The molecule has 2 heterocycles. The van der Waals surface area contributed by atoms with Crippen LogP contribution in [0.25, 0.3) is 5.65 Å². The predicted octanol–water partition coefficient (Wildman–Crippen LogP) is 2.58. The molecule has 3 nitrogen and oxygen atoms in total. The van der Waals surface area contributed by atoms with Gasteiger partial charge in [-0.05, 0) is 43.2 Å². The van der Waals surface area contributed by atoms with Crippen molar-refractivity contribution in [3.8, 4) is 11.8 Å². The van der Waals surface area contributed by atoms with E-state index in [1.54, 1.807) is 10.7 Å². The van der Waals surface area contributed by atoms with Crippen LogP contribution >= 0.6 is 0 Å². The van der Waals surface area contributed by atoms with E-state index in [0.29, 0.717) is 0 Å². The first-order valence-corrected chi connectivity index (χ1v) is 5.93. The van der Waals surface area contributed by atoms with Crippen LogP contribution in [0.1, 0.15) is 31.4 Å². The lowest BCUT2D eigenvalue weighted by molar-refractivity contribution is 0.715. The molecule has 0 bridgehead atoms. The fraction of sp³-hybridized carbons (Fsp3) is 0.286. The first kappa shape index (κ1) is 10.1. The van der Waals surface area contributed by atoms with Crippen LogP contribution in [0.2, 0.25) is 0 Å². The molecule has 1 aliphatic carbocycles. The maximum absolute atomic E-state index is 4.42. The number of nitrogens with zero attached hydrogens (tertiary/aromatic N) is 3. The van der Waals surface area contributed by atoms with Crippen molar-refractivity contribution in [2.75, 3.05) is 0 Å².